The number of hydrogen-bond acceptors (Lipinski definition) is 3. The fourth-order valence-corrected chi connectivity index (χ4v) is 6.25. The molecule has 2 aromatic heterocycles. The lowest BCUT2D eigenvalue weighted by Gasteiger charge is -2.45. The Morgan fingerprint density at radius 1 is 1.24 bits per heavy atom. The number of aromatic nitrogens is 1. The summed E-state index contributed by atoms with van der Waals surface area (Å²) < 4.78 is 17.5. The van der Waals surface area contributed by atoms with Crippen LogP contribution in [-0.2, 0) is 17.9 Å². The second-order valence-electron chi connectivity index (χ2n) is 9.89. The maximum Gasteiger partial charge on any atom is 0.271 e. The van der Waals surface area contributed by atoms with Crippen LogP contribution in [0.15, 0.2) is 41.8 Å². The molecule has 1 saturated carbocycles. The van der Waals surface area contributed by atoms with Gasteiger partial charge in [0, 0.05) is 11.6 Å². The van der Waals surface area contributed by atoms with Crippen molar-refractivity contribution in [3.05, 3.63) is 58.9 Å². The smallest absolute Gasteiger partial charge is 0.271 e. The molecule has 174 valence electrons. The van der Waals surface area contributed by atoms with Gasteiger partial charge in [-0.1, -0.05) is 44.9 Å². The normalized spacial score (nSPS) is 27.6. The standard InChI is InChI=1S/C26H30FN3O2S/c1-16-7-6-10-20(17(16)2)28-25(32)26(3)15-29-21-11-12-33-23(21)13-22(29)24(31)30(26)14-18-8-4-5-9-19(18)27/h4-5,8-9,11-13,16-17,20H,6-7,10,14-15H2,1-3H3,(H,28,32). The SMILES string of the molecule is CC1CCCC(NC(=O)C2(C)Cn3c(cc4sccc43)C(=O)N2Cc2ccccc2F)C1C. The van der Waals surface area contributed by atoms with E-state index in [2.05, 4.69) is 19.2 Å². The highest BCUT2D eigenvalue weighted by molar-refractivity contribution is 7.17. The number of fused-ring (bicyclic) bond motifs is 3. The van der Waals surface area contributed by atoms with Crippen LogP contribution in [0.5, 0.6) is 0 Å². The predicted octanol–water partition coefficient (Wildman–Crippen LogP) is 5.20. The molecule has 1 fully saturated rings. The summed E-state index contributed by atoms with van der Waals surface area (Å²) in [4.78, 5) is 29.2. The maximum atomic E-state index is 14.6. The Hall–Kier alpha value is -2.67. The first-order valence-electron chi connectivity index (χ1n) is 11.7. The number of amides is 2. The molecule has 0 saturated heterocycles. The molecule has 7 heteroatoms. The zero-order chi connectivity index (χ0) is 23.3. The van der Waals surface area contributed by atoms with E-state index in [1.807, 2.05) is 29.0 Å². The van der Waals surface area contributed by atoms with Crippen molar-refractivity contribution in [3.63, 3.8) is 0 Å². The lowest BCUT2D eigenvalue weighted by molar-refractivity contribution is -0.134. The zero-order valence-corrected chi connectivity index (χ0v) is 20.1. The van der Waals surface area contributed by atoms with E-state index in [1.165, 1.54) is 12.5 Å². The minimum atomic E-state index is -1.14. The molecule has 5 rings (SSSR count). The van der Waals surface area contributed by atoms with Crippen LogP contribution in [-0.4, -0.2) is 32.9 Å². The van der Waals surface area contributed by atoms with E-state index in [0.717, 1.165) is 23.1 Å². The first-order valence-corrected chi connectivity index (χ1v) is 12.6. The Morgan fingerprint density at radius 3 is 2.82 bits per heavy atom. The number of benzene rings is 1. The van der Waals surface area contributed by atoms with Crippen molar-refractivity contribution < 1.29 is 14.0 Å². The largest absolute Gasteiger partial charge is 0.351 e. The number of thiophene rings is 1. The van der Waals surface area contributed by atoms with Gasteiger partial charge in [-0.25, -0.2) is 4.39 Å². The summed E-state index contributed by atoms with van der Waals surface area (Å²) >= 11 is 1.58. The van der Waals surface area contributed by atoms with Crippen LogP contribution in [0.2, 0.25) is 0 Å². The Kier molecular flexibility index (Phi) is 5.55. The van der Waals surface area contributed by atoms with Crippen LogP contribution >= 0.6 is 11.3 Å². The molecule has 5 nitrogen and oxygen atoms in total. The topological polar surface area (TPSA) is 54.3 Å². The number of rotatable bonds is 4. The quantitative estimate of drug-likeness (QED) is 0.574. The summed E-state index contributed by atoms with van der Waals surface area (Å²) in [5.41, 5.74) is 0.790. The van der Waals surface area contributed by atoms with E-state index in [-0.39, 0.29) is 30.2 Å². The van der Waals surface area contributed by atoms with Crippen molar-refractivity contribution in [2.75, 3.05) is 0 Å². The Balaban J connectivity index is 1.54. The molecule has 0 radical (unpaired) electrons. The van der Waals surface area contributed by atoms with Crippen LogP contribution in [0.3, 0.4) is 0 Å². The van der Waals surface area contributed by atoms with Crippen molar-refractivity contribution >= 4 is 33.4 Å². The molecule has 0 spiro atoms. The summed E-state index contributed by atoms with van der Waals surface area (Å²) in [6, 6.07) is 10.4. The third-order valence-corrected chi connectivity index (χ3v) is 8.70. The fourth-order valence-electron chi connectivity index (χ4n) is 5.43. The lowest BCUT2D eigenvalue weighted by Crippen LogP contribution is -2.65. The number of nitrogens with one attached hydrogen (secondary N) is 1. The molecule has 4 unspecified atom stereocenters. The number of carbonyl (C=O) groups excluding carboxylic acids is 2. The van der Waals surface area contributed by atoms with E-state index >= 15 is 0 Å². The highest BCUT2D eigenvalue weighted by atomic mass is 32.1. The van der Waals surface area contributed by atoms with Crippen molar-refractivity contribution in [1.29, 1.82) is 0 Å². The molecular formula is C26H30FN3O2S. The van der Waals surface area contributed by atoms with Gasteiger partial charge in [-0.2, -0.15) is 0 Å². The summed E-state index contributed by atoms with van der Waals surface area (Å²) in [5.74, 6) is 0.137. The van der Waals surface area contributed by atoms with Crippen LogP contribution in [0.4, 0.5) is 4.39 Å². The monoisotopic (exact) mass is 467 g/mol. The van der Waals surface area contributed by atoms with Crippen LogP contribution in [0, 0.1) is 17.7 Å². The number of hydrogen-bond donors (Lipinski definition) is 1. The maximum absolute atomic E-state index is 14.6. The summed E-state index contributed by atoms with van der Waals surface area (Å²) in [6.07, 6.45) is 3.20. The average molecular weight is 468 g/mol. The van der Waals surface area contributed by atoms with Gasteiger partial charge in [0.1, 0.15) is 17.1 Å². The van der Waals surface area contributed by atoms with Gasteiger partial charge in [0.2, 0.25) is 5.91 Å². The van der Waals surface area contributed by atoms with Gasteiger partial charge < -0.3 is 14.8 Å². The fraction of sp³-hybridized carbons (Fsp3) is 0.462. The Labute approximate surface area is 197 Å². The number of carbonyl (C=O) groups is 2. The van der Waals surface area contributed by atoms with Gasteiger partial charge in [-0.3, -0.25) is 9.59 Å². The highest BCUT2D eigenvalue weighted by Gasteiger charge is 2.48. The molecule has 3 heterocycles. The van der Waals surface area contributed by atoms with Crippen LogP contribution in [0.25, 0.3) is 10.2 Å². The van der Waals surface area contributed by atoms with Crippen molar-refractivity contribution in [2.45, 2.75) is 64.7 Å². The Bertz CT molecular complexity index is 1220. The van der Waals surface area contributed by atoms with E-state index in [9.17, 15) is 14.0 Å². The van der Waals surface area contributed by atoms with Gasteiger partial charge in [0.25, 0.3) is 5.91 Å². The van der Waals surface area contributed by atoms with Crippen LogP contribution < -0.4 is 5.32 Å². The molecule has 1 aliphatic carbocycles. The molecule has 4 atom stereocenters. The number of halogens is 1. The van der Waals surface area contributed by atoms with E-state index in [0.29, 0.717) is 29.6 Å². The first-order chi connectivity index (χ1) is 15.8. The Morgan fingerprint density at radius 2 is 2.03 bits per heavy atom. The molecule has 2 aliphatic rings. The molecule has 3 aromatic rings. The van der Waals surface area contributed by atoms with Gasteiger partial charge in [-0.15, -0.1) is 11.3 Å². The molecule has 2 amide bonds. The van der Waals surface area contributed by atoms with Crippen molar-refractivity contribution in [1.82, 2.24) is 14.8 Å². The summed E-state index contributed by atoms with van der Waals surface area (Å²) in [6.45, 7) is 6.63. The van der Waals surface area contributed by atoms with E-state index in [1.54, 1.807) is 34.4 Å². The minimum Gasteiger partial charge on any atom is -0.351 e. The first kappa shape index (κ1) is 22.1. The molecule has 1 aromatic carbocycles. The predicted molar refractivity (Wildman–Crippen MR) is 129 cm³/mol. The average Bonchev–Trinajstić information content (AvgIpc) is 3.38. The van der Waals surface area contributed by atoms with Crippen molar-refractivity contribution in [2.24, 2.45) is 11.8 Å². The highest BCUT2D eigenvalue weighted by Crippen LogP contribution is 2.36. The van der Waals surface area contributed by atoms with Gasteiger partial charge in [0.05, 0.1) is 23.3 Å². The molecular weight excluding hydrogens is 437 g/mol. The molecule has 0 bridgehead atoms. The van der Waals surface area contributed by atoms with E-state index in [4.69, 9.17) is 0 Å². The molecule has 33 heavy (non-hydrogen) atoms. The van der Waals surface area contributed by atoms with Crippen LogP contribution in [0.1, 0.15) is 56.1 Å². The minimum absolute atomic E-state index is 0.0465. The van der Waals surface area contributed by atoms with Gasteiger partial charge in [-0.05, 0) is 48.8 Å². The van der Waals surface area contributed by atoms with Crippen molar-refractivity contribution in [3.8, 4) is 0 Å². The zero-order valence-electron chi connectivity index (χ0n) is 19.3. The number of nitrogens with zero attached hydrogens (tertiary/aromatic N) is 2. The van der Waals surface area contributed by atoms with Gasteiger partial charge in [0.15, 0.2) is 0 Å². The third kappa shape index (κ3) is 3.66. The summed E-state index contributed by atoms with van der Waals surface area (Å²) in [5, 5.41) is 5.28. The van der Waals surface area contributed by atoms with Gasteiger partial charge >= 0.3 is 0 Å². The third-order valence-electron chi connectivity index (χ3n) is 7.85. The molecule has 1 aliphatic heterocycles. The second kappa shape index (κ2) is 8.28. The second-order valence-corrected chi connectivity index (χ2v) is 10.8. The lowest BCUT2D eigenvalue weighted by atomic mass is 9.77. The summed E-state index contributed by atoms with van der Waals surface area (Å²) in [7, 11) is 0. The molecule has 1 N–H and O–H groups in total. The van der Waals surface area contributed by atoms with E-state index < -0.39 is 5.54 Å².